The zero-order chi connectivity index (χ0) is 14.8. The summed E-state index contributed by atoms with van der Waals surface area (Å²) in [5, 5.41) is 6.60. The van der Waals surface area contributed by atoms with Crippen molar-refractivity contribution in [2.45, 2.75) is 39.8 Å². The highest BCUT2D eigenvalue weighted by atomic mass is 16.5. The van der Waals surface area contributed by atoms with Gasteiger partial charge in [0.2, 0.25) is 0 Å². The van der Waals surface area contributed by atoms with E-state index in [0.29, 0.717) is 13.2 Å². The first-order chi connectivity index (χ1) is 9.71. The van der Waals surface area contributed by atoms with Gasteiger partial charge in [-0.25, -0.2) is 4.99 Å². The van der Waals surface area contributed by atoms with Gasteiger partial charge in [0.15, 0.2) is 5.96 Å². The van der Waals surface area contributed by atoms with Gasteiger partial charge in [0.05, 0.1) is 13.2 Å². The van der Waals surface area contributed by atoms with Crippen molar-refractivity contribution in [1.82, 2.24) is 10.6 Å². The van der Waals surface area contributed by atoms with E-state index >= 15 is 0 Å². The normalized spacial score (nSPS) is 13.1. The first-order valence-corrected chi connectivity index (χ1v) is 7.31. The SMILES string of the molecule is CCNC(=NCc1ccccc1CC)NC(C)COC. The molecule has 0 bridgehead atoms. The largest absolute Gasteiger partial charge is 0.383 e. The molecule has 20 heavy (non-hydrogen) atoms. The van der Waals surface area contributed by atoms with Crippen LogP contribution in [0.25, 0.3) is 0 Å². The van der Waals surface area contributed by atoms with Crippen molar-refractivity contribution in [3.8, 4) is 0 Å². The van der Waals surface area contributed by atoms with Gasteiger partial charge in [-0.15, -0.1) is 0 Å². The number of aryl methyl sites for hydroxylation is 1. The topological polar surface area (TPSA) is 45.7 Å². The number of benzene rings is 1. The number of guanidine groups is 1. The van der Waals surface area contributed by atoms with Crippen LogP contribution in [0.1, 0.15) is 31.9 Å². The van der Waals surface area contributed by atoms with Gasteiger partial charge in [-0.05, 0) is 31.4 Å². The number of nitrogens with one attached hydrogen (secondary N) is 2. The van der Waals surface area contributed by atoms with Crippen molar-refractivity contribution < 1.29 is 4.74 Å². The minimum absolute atomic E-state index is 0.235. The van der Waals surface area contributed by atoms with Gasteiger partial charge in [0.25, 0.3) is 0 Å². The van der Waals surface area contributed by atoms with Gasteiger partial charge >= 0.3 is 0 Å². The van der Waals surface area contributed by atoms with E-state index in [-0.39, 0.29) is 6.04 Å². The average molecular weight is 277 g/mol. The smallest absolute Gasteiger partial charge is 0.191 e. The molecule has 0 heterocycles. The van der Waals surface area contributed by atoms with Crippen LogP contribution in [0.2, 0.25) is 0 Å². The number of ether oxygens (including phenoxy) is 1. The third-order valence-corrected chi connectivity index (χ3v) is 3.05. The van der Waals surface area contributed by atoms with E-state index in [9.17, 15) is 0 Å². The predicted octanol–water partition coefficient (Wildman–Crippen LogP) is 2.34. The second-order valence-electron chi connectivity index (χ2n) is 4.82. The number of hydrogen-bond donors (Lipinski definition) is 2. The summed E-state index contributed by atoms with van der Waals surface area (Å²) in [6.45, 7) is 8.52. The van der Waals surface area contributed by atoms with E-state index < -0.39 is 0 Å². The maximum Gasteiger partial charge on any atom is 0.191 e. The van der Waals surface area contributed by atoms with E-state index in [4.69, 9.17) is 4.74 Å². The number of rotatable bonds is 7. The molecule has 4 nitrogen and oxygen atoms in total. The lowest BCUT2D eigenvalue weighted by atomic mass is 10.1. The van der Waals surface area contributed by atoms with Gasteiger partial charge in [-0.2, -0.15) is 0 Å². The number of nitrogens with zero attached hydrogens (tertiary/aromatic N) is 1. The zero-order valence-corrected chi connectivity index (χ0v) is 13.1. The maximum absolute atomic E-state index is 5.14. The molecule has 1 rings (SSSR count). The molecule has 0 aliphatic rings. The van der Waals surface area contributed by atoms with Crippen LogP contribution in [0.4, 0.5) is 0 Å². The number of hydrogen-bond acceptors (Lipinski definition) is 2. The van der Waals surface area contributed by atoms with Gasteiger partial charge in [0.1, 0.15) is 0 Å². The van der Waals surface area contributed by atoms with Gasteiger partial charge < -0.3 is 15.4 Å². The summed E-state index contributed by atoms with van der Waals surface area (Å²) in [6, 6.07) is 8.69. The predicted molar refractivity (Wildman–Crippen MR) is 85.1 cm³/mol. The quantitative estimate of drug-likeness (QED) is 0.594. The van der Waals surface area contributed by atoms with Crippen LogP contribution in [-0.4, -0.2) is 32.3 Å². The second-order valence-corrected chi connectivity index (χ2v) is 4.82. The number of aliphatic imine (C=N–C) groups is 1. The van der Waals surface area contributed by atoms with Crippen molar-refractivity contribution >= 4 is 5.96 Å². The molecule has 0 saturated carbocycles. The minimum Gasteiger partial charge on any atom is -0.383 e. The Labute approximate surface area is 122 Å². The summed E-state index contributed by atoms with van der Waals surface area (Å²) in [7, 11) is 1.71. The lowest BCUT2D eigenvalue weighted by molar-refractivity contribution is 0.179. The third-order valence-electron chi connectivity index (χ3n) is 3.05. The minimum atomic E-state index is 0.235. The standard InChI is InChI=1S/C16H27N3O/c1-5-14-9-7-8-10-15(14)11-18-16(17-6-2)19-13(3)12-20-4/h7-10,13H,5-6,11-12H2,1-4H3,(H2,17,18,19). The molecule has 0 aliphatic carbocycles. The molecule has 0 amide bonds. The van der Waals surface area contributed by atoms with Gasteiger partial charge in [-0.3, -0.25) is 0 Å². The first kappa shape index (κ1) is 16.5. The Kier molecular flexibility index (Phi) is 7.73. The van der Waals surface area contributed by atoms with Crippen LogP contribution in [0.15, 0.2) is 29.3 Å². The molecule has 0 spiro atoms. The molecule has 1 aromatic rings. The fourth-order valence-corrected chi connectivity index (χ4v) is 2.07. The summed E-state index contributed by atoms with van der Waals surface area (Å²) in [4.78, 5) is 4.65. The van der Waals surface area contributed by atoms with Crippen molar-refractivity contribution in [2.75, 3.05) is 20.3 Å². The van der Waals surface area contributed by atoms with E-state index in [1.165, 1.54) is 11.1 Å². The molecule has 112 valence electrons. The Morgan fingerprint density at radius 2 is 1.95 bits per heavy atom. The molecule has 1 unspecified atom stereocenters. The average Bonchev–Trinajstić information content (AvgIpc) is 2.45. The fraction of sp³-hybridized carbons (Fsp3) is 0.562. The van der Waals surface area contributed by atoms with Crippen LogP contribution in [0.5, 0.6) is 0 Å². The highest BCUT2D eigenvalue weighted by Gasteiger charge is 2.05. The van der Waals surface area contributed by atoms with Gasteiger partial charge in [-0.1, -0.05) is 31.2 Å². The molecule has 4 heteroatoms. The van der Waals surface area contributed by atoms with E-state index in [1.54, 1.807) is 7.11 Å². The van der Waals surface area contributed by atoms with Crippen molar-refractivity contribution in [3.05, 3.63) is 35.4 Å². The van der Waals surface area contributed by atoms with E-state index in [2.05, 4.69) is 60.7 Å². The Morgan fingerprint density at radius 1 is 1.25 bits per heavy atom. The summed E-state index contributed by atoms with van der Waals surface area (Å²) in [5.41, 5.74) is 2.64. The monoisotopic (exact) mass is 277 g/mol. The lowest BCUT2D eigenvalue weighted by Crippen LogP contribution is -2.43. The second kappa shape index (κ2) is 9.37. The van der Waals surface area contributed by atoms with Crippen LogP contribution >= 0.6 is 0 Å². The highest BCUT2D eigenvalue weighted by molar-refractivity contribution is 5.80. The molecular formula is C16H27N3O. The van der Waals surface area contributed by atoms with Crippen LogP contribution in [0.3, 0.4) is 0 Å². The summed E-state index contributed by atoms with van der Waals surface area (Å²) < 4.78 is 5.14. The molecule has 0 saturated heterocycles. The van der Waals surface area contributed by atoms with E-state index in [1.807, 2.05) is 0 Å². The van der Waals surface area contributed by atoms with Crippen molar-refractivity contribution in [1.29, 1.82) is 0 Å². The zero-order valence-electron chi connectivity index (χ0n) is 13.1. The summed E-state index contributed by atoms with van der Waals surface area (Å²) >= 11 is 0. The molecule has 0 aromatic heterocycles. The van der Waals surface area contributed by atoms with E-state index in [0.717, 1.165) is 18.9 Å². The Bertz CT molecular complexity index is 418. The maximum atomic E-state index is 5.14. The molecule has 1 atom stereocenters. The molecular weight excluding hydrogens is 250 g/mol. The molecule has 1 aromatic carbocycles. The van der Waals surface area contributed by atoms with Crippen molar-refractivity contribution in [3.63, 3.8) is 0 Å². The summed E-state index contributed by atoms with van der Waals surface area (Å²) in [5.74, 6) is 0.836. The molecule has 0 aliphatic heterocycles. The molecule has 2 N–H and O–H groups in total. The summed E-state index contributed by atoms with van der Waals surface area (Å²) in [6.07, 6.45) is 1.04. The van der Waals surface area contributed by atoms with Gasteiger partial charge in [0, 0.05) is 19.7 Å². The van der Waals surface area contributed by atoms with Crippen molar-refractivity contribution in [2.24, 2.45) is 4.99 Å². The Balaban J connectivity index is 2.70. The number of methoxy groups -OCH3 is 1. The highest BCUT2D eigenvalue weighted by Crippen LogP contribution is 2.10. The molecule has 0 radical (unpaired) electrons. The third kappa shape index (κ3) is 5.61. The Morgan fingerprint density at radius 3 is 2.55 bits per heavy atom. The van der Waals surface area contributed by atoms with Crippen LogP contribution in [-0.2, 0) is 17.7 Å². The van der Waals surface area contributed by atoms with Crippen LogP contribution in [0, 0.1) is 0 Å². The fourth-order valence-electron chi connectivity index (χ4n) is 2.07. The Hall–Kier alpha value is -1.55. The first-order valence-electron chi connectivity index (χ1n) is 7.31. The molecule has 0 fully saturated rings. The lowest BCUT2D eigenvalue weighted by Gasteiger charge is -2.17. The van der Waals surface area contributed by atoms with Crippen LogP contribution < -0.4 is 10.6 Å².